The molecule has 0 aromatic carbocycles. The summed E-state index contributed by atoms with van der Waals surface area (Å²) in [5, 5.41) is 0. The summed E-state index contributed by atoms with van der Waals surface area (Å²) in [6.45, 7) is 9.31. The second kappa shape index (κ2) is 8.33. The monoisotopic (exact) mass is 380 g/mol. The lowest BCUT2D eigenvalue weighted by Gasteiger charge is -2.44. The van der Waals surface area contributed by atoms with Crippen LogP contribution in [0.25, 0.3) is 0 Å². The first-order chi connectivity index (χ1) is 13.5. The van der Waals surface area contributed by atoms with Gasteiger partial charge in [0.05, 0.1) is 0 Å². The van der Waals surface area contributed by atoms with Gasteiger partial charge in [0, 0.05) is 12.3 Å². The van der Waals surface area contributed by atoms with Gasteiger partial charge in [-0.3, -0.25) is 4.79 Å². The van der Waals surface area contributed by atoms with Crippen LogP contribution in [0.15, 0.2) is 35.5 Å². The van der Waals surface area contributed by atoms with Gasteiger partial charge in [0.2, 0.25) is 0 Å². The van der Waals surface area contributed by atoms with Gasteiger partial charge in [-0.2, -0.15) is 0 Å². The van der Waals surface area contributed by atoms with Crippen molar-refractivity contribution in [1.82, 2.24) is 0 Å². The summed E-state index contributed by atoms with van der Waals surface area (Å²) in [7, 11) is 0. The Hall–Kier alpha value is -1.11. The molecule has 0 aromatic rings. The van der Waals surface area contributed by atoms with Crippen LogP contribution in [0, 0.1) is 29.1 Å². The van der Waals surface area contributed by atoms with E-state index in [4.69, 9.17) is 0 Å². The molecular weight excluding hydrogens is 340 g/mol. The maximum absolute atomic E-state index is 12.2. The largest absolute Gasteiger partial charge is 0.299 e. The molecule has 4 atom stereocenters. The normalized spacial score (nSPS) is 37.3. The van der Waals surface area contributed by atoms with E-state index in [1.165, 1.54) is 68.9 Å². The quantitative estimate of drug-likeness (QED) is 0.464. The highest BCUT2D eigenvalue weighted by Crippen LogP contribution is 2.60. The Kier molecular flexibility index (Phi) is 6.00. The van der Waals surface area contributed by atoms with Gasteiger partial charge >= 0.3 is 0 Å². The molecule has 0 aromatic heterocycles. The number of fused-ring (bicyclic) bond motifs is 1. The maximum atomic E-state index is 12.2. The molecule has 0 saturated heterocycles. The second-order valence-corrected chi connectivity index (χ2v) is 10.6. The SMILES string of the molecule is C=C1CCCCC1=CC=C1CCC[C@]2(C)[C@@H]([C@H](C)CCC(=O)C3CC3)CC[C@@H]12. The first-order valence-electron chi connectivity index (χ1n) is 12.1. The van der Waals surface area contributed by atoms with Crippen molar-refractivity contribution in [2.45, 2.75) is 97.3 Å². The molecule has 0 amide bonds. The molecular formula is C27H40O. The third-order valence-corrected chi connectivity index (χ3v) is 8.73. The molecule has 0 unspecified atom stereocenters. The summed E-state index contributed by atoms with van der Waals surface area (Å²) in [5.74, 6) is 3.24. The predicted molar refractivity (Wildman–Crippen MR) is 118 cm³/mol. The van der Waals surface area contributed by atoms with Crippen LogP contribution in [0.3, 0.4) is 0 Å². The first-order valence-corrected chi connectivity index (χ1v) is 12.1. The van der Waals surface area contributed by atoms with E-state index in [0.717, 1.165) is 37.5 Å². The summed E-state index contributed by atoms with van der Waals surface area (Å²) in [4.78, 5) is 12.2. The highest BCUT2D eigenvalue weighted by molar-refractivity contribution is 5.83. The third kappa shape index (κ3) is 4.10. The molecule has 0 spiro atoms. The van der Waals surface area contributed by atoms with Crippen LogP contribution >= 0.6 is 0 Å². The Morgan fingerprint density at radius 3 is 2.64 bits per heavy atom. The molecule has 4 aliphatic rings. The van der Waals surface area contributed by atoms with Crippen LogP contribution in [0.4, 0.5) is 0 Å². The Morgan fingerprint density at radius 2 is 1.89 bits per heavy atom. The average Bonchev–Trinajstić information content (AvgIpc) is 3.47. The van der Waals surface area contributed by atoms with Crippen LogP contribution < -0.4 is 0 Å². The van der Waals surface area contributed by atoms with Crippen molar-refractivity contribution < 1.29 is 4.79 Å². The Morgan fingerprint density at radius 1 is 1.11 bits per heavy atom. The zero-order valence-electron chi connectivity index (χ0n) is 18.3. The number of Topliss-reactive ketones (excluding diaryl/α,β-unsaturated/α-hetero) is 1. The number of carbonyl (C=O) groups is 1. The highest BCUT2D eigenvalue weighted by Gasteiger charge is 2.50. The van der Waals surface area contributed by atoms with Gasteiger partial charge in [0.25, 0.3) is 0 Å². The molecule has 0 aliphatic heterocycles. The lowest BCUT2D eigenvalue weighted by molar-refractivity contribution is -0.120. The minimum absolute atomic E-state index is 0.436. The minimum Gasteiger partial charge on any atom is -0.299 e. The molecule has 28 heavy (non-hydrogen) atoms. The minimum atomic E-state index is 0.436. The summed E-state index contributed by atoms with van der Waals surface area (Å²) in [5.41, 5.74) is 5.05. The number of hydrogen-bond acceptors (Lipinski definition) is 1. The van der Waals surface area contributed by atoms with E-state index < -0.39 is 0 Å². The van der Waals surface area contributed by atoms with Gasteiger partial charge in [0.1, 0.15) is 5.78 Å². The second-order valence-electron chi connectivity index (χ2n) is 10.6. The van der Waals surface area contributed by atoms with E-state index in [-0.39, 0.29) is 0 Å². The van der Waals surface area contributed by atoms with Gasteiger partial charge in [0.15, 0.2) is 0 Å². The first kappa shape index (κ1) is 20.2. The standard InChI is InChI=1S/C27H40O/c1-19-7-4-5-8-21(19)11-12-22-9-6-18-27(3)24(15-16-25(22)27)20(2)10-17-26(28)23-13-14-23/h11-12,20,23-25H,1,4-10,13-18H2,2-3H3/t20-,24-,25+,27-/m1/s1. The van der Waals surface area contributed by atoms with Gasteiger partial charge in [-0.1, -0.05) is 43.7 Å². The van der Waals surface area contributed by atoms with E-state index >= 15 is 0 Å². The fourth-order valence-corrected chi connectivity index (χ4v) is 6.79. The molecule has 1 heteroatoms. The van der Waals surface area contributed by atoms with Gasteiger partial charge < -0.3 is 0 Å². The third-order valence-electron chi connectivity index (χ3n) is 8.73. The number of rotatable bonds is 6. The van der Waals surface area contributed by atoms with Crippen LogP contribution in [-0.2, 0) is 4.79 Å². The van der Waals surface area contributed by atoms with Crippen LogP contribution in [-0.4, -0.2) is 5.78 Å². The Balaban J connectivity index is 1.43. The molecule has 154 valence electrons. The summed E-state index contributed by atoms with van der Waals surface area (Å²) < 4.78 is 0. The average molecular weight is 381 g/mol. The summed E-state index contributed by atoms with van der Waals surface area (Å²) in [6, 6.07) is 0. The number of ketones is 1. The van der Waals surface area contributed by atoms with E-state index in [1.54, 1.807) is 5.57 Å². The van der Waals surface area contributed by atoms with Crippen molar-refractivity contribution in [2.24, 2.45) is 29.1 Å². The fraction of sp³-hybridized carbons (Fsp3) is 0.741. The molecule has 0 bridgehead atoms. The molecule has 4 saturated carbocycles. The van der Waals surface area contributed by atoms with Gasteiger partial charge in [-0.25, -0.2) is 0 Å². The van der Waals surface area contributed by atoms with Crippen molar-refractivity contribution >= 4 is 5.78 Å². The summed E-state index contributed by atoms with van der Waals surface area (Å²) >= 11 is 0. The van der Waals surface area contributed by atoms with Gasteiger partial charge in [-0.15, -0.1) is 0 Å². The smallest absolute Gasteiger partial charge is 0.135 e. The molecule has 0 N–H and O–H groups in total. The van der Waals surface area contributed by atoms with Crippen LogP contribution in [0.1, 0.15) is 97.3 Å². The maximum Gasteiger partial charge on any atom is 0.135 e. The van der Waals surface area contributed by atoms with E-state index in [1.807, 2.05) is 0 Å². The topological polar surface area (TPSA) is 17.1 Å². The summed E-state index contributed by atoms with van der Waals surface area (Å²) in [6.07, 6.45) is 21.0. The highest BCUT2D eigenvalue weighted by atomic mass is 16.1. The Labute approximate surface area is 172 Å². The number of allylic oxidation sites excluding steroid dienone is 5. The van der Waals surface area contributed by atoms with Gasteiger partial charge in [-0.05, 0) is 106 Å². The molecule has 4 rings (SSSR count). The molecule has 0 radical (unpaired) electrons. The lowest BCUT2D eigenvalue weighted by atomic mass is 9.60. The van der Waals surface area contributed by atoms with Crippen molar-refractivity contribution in [2.75, 3.05) is 0 Å². The molecule has 4 aliphatic carbocycles. The number of carbonyl (C=O) groups excluding carboxylic acids is 1. The van der Waals surface area contributed by atoms with Crippen molar-refractivity contribution in [1.29, 1.82) is 0 Å². The van der Waals surface area contributed by atoms with E-state index in [0.29, 0.717) is 23.0 Å². The van der Waals surface area contributed by atoms with Crippen LogP contribution in [0.5, 0.6) is 0 Å². The van der Waals surface area contributed by atoms with E-state index in [2.05, 4.69) is 32.6 Å². The zero-order valence-corrected chi connectivity index (χ0v) is 18.3. The molecule has 0 heterocycles. The Bertz CT molecular complexity index is 676. The van der Waals surface area contributed by atoms with Crippen LogP contribution in [0.2, 0.25) is 0 Å². The number of hydrogen-bond donors (Lipinski definition) is 0. The van der Waals surface area contributed by atoms with E-state index in [9.17, 15) is 4.79 Å². The molecule has 1 nitrogen and oxygen atoms in total. The fourth-order valence-electron chi connectivity index (χ4n) is 6.79. The van der Waals surface area contributed by atoms with Crippen molar-refractivity contribution in [3.63, 3.8) is 0 Å². The van der Waals surface area contributed by atoms with Crippen molar-refractivity contribution in [3.8, 4) is 0 Å². The van der Waals surface area contributed by atoms with Crippen molar-refractivity contribution in [3.05, 3.63) is 35.5 Å². The molecule has 4 fully saturated rings. The zero-order chi connectivity index (χ0) is 19.7. The predicted octanol–water partition coefficient (Wildman–Crippen LogP) is 7.58. The lowest BCUT2D eigenvalue weighted by Crippen LogP contribution is -2.36.